The van der Waals surface area contributed by atoms with Crippen molar-refractivity contribution in [1.29, 1.82) is 0 Å². The third kappa shape index (κ3) is 10.6. The van der Waals surface area contributed by atoms with Crippen LogP contribution in [0.2, 0.25) is 0 Å². The molecule has 0 aromatic carbocycles. The van der Waals surface area contributed by atoms with Crippen molar-refractivity contribution in [2.24, 2.45) is 16.8 Å². The molecule has 1 aliphatic rings. The molecule has 0 aromatic heterocycles. The third-order valence-corrected chi connectivity index (χ3v) is 3.89. The minimum absolute atomic E-state index is 0. The number of nitrogens with zero attached hydrogens (tertiary/aromatic N) is 2. The van der Waals surface area contributed by atoms with Gasteiger partial charge < -0.3 is 15.5 Å². The lowest BCUT2D eigenvalue weighted by atomic mass is 10.0. The van der Waals surface area contributed by atoms with Crippen LogP contribution in [0, 0.1) is 11.8 Å². The van der Waals surface area contributed by atoms with Crippen molar-refractivity contribution in [2.45, 2.75) is 53.4 Å². The molecule has 132 valence electrons. The molecular weight excluding hydrogens is 387 g/mol. The van der Waals surface area contributed by atoms with E-state index in [0.717, 1.165) is 31.5 Å². The average Bonchev–Trinajstić information content (AvgIpc) is 2.44. The number of halogens is 1. The lowest BCUT2D eigenvalue weighted by Gasteiger charge is -2.30. The fraction of sp³-hybridized carbons (Fsp3) is 0.941. The Hall–Kier alpha value is -0.0400. The van der Waals surface area contributed by atoms with Gasteiger partial charge in [0.15, 0.2) is 5.96 Å². The third-order valence-electron chi connectivity index (χ3n) is 3.89. The van der Waals surface area contributed by atoms with Gasteiger partial charge in [-0.25, -0.2) is 0 Å². The van der Waals surface area contributed by atoms with Gasteiger partial charge in [0, 0.05) is 26.2 Å². The Morgan fingerprint density at radius 1 is 1.27 bits per heavy atom. The van der Waals surface area contributed by atoms with E-state index < -0.39 is 0 Å². The van der Waals surface area contributed by atoms with Crippen molar-refractivity contribution in [3.05, 3.63) is 0 Å². The molecule has 2 N–H and O–H groups in total. The Bertz CT molecular complexity index is 294. The largest absolute Gasteiger partial charge is 0.357 e. The second kappa shape index (κ2) is 13.4. The molecule has 0 bridgehead atoms. The molecule has 1 saturated heterocycles. The van der Waals surface area contributed by atoms with Crippen LogP contribution in [0.15, 0.2) is 4.99 Å². The van der Waals surface area contributed by atoms with Gasteiger partial charge in [-0.2, -0.15) is 0 Å². The quantitative estimate of drug-likeness (QED) is 0.272. The predicted molar refractivity (Wildman–Crippen MR) is 108 cm³/mol. The summed E-state index contributed by atoms with van der Waals surface area (Å²) in [7, 11) is 0. The summed E-state index contributed by atoms with van der Waals surface area (Å²) >= 11 is 0. The summed E-state index contributed by atoms with van der Waals surface area (Å²) in [5.41, 5.74) is 0. The van der Waals surface area contributed by atoms with Crippen LogP contribution in [0.25, 0.3) is 0 Å². The van der Waals surface area contributed by atoms with Crippen molar-refractivity contribution in [3.63, 3.8) is 0 Å². The topological polar surface area (TPSA) is 39.7 Å². The number of piperidine rings is 1. The van der Waals surface area contributed by atoms with E-state index in [4.69, 9.17) is 0 Å². The van der Waals surface area contributed by atoms with Crippen molar-refractivity contribution in [1.82, 2.24) is 15.5 Å². The maximum Gasteiger partial charge on any atom is 0.191 e. The molecule has 1 heterocycles. The molecule has 4 nitrogen and oxygen atoms in total. The van der Waals surface area contributed by atoms with E-state index in [2.05, 4.69) is 48.2 Å². The molecule has 1 aliphatic heterocycles. The van der Waals surface area contributed by atoms with E-state index in [9.17, 15) is 0 Å². The zero-order valence-corrected chi connectivity index (χ0v) is 17.4. The lowest BCUT2D eigenvalue weighted by molar-refractivity contribution is 0.181. The molecule has 1 fully saturated rings. The first-order chi connectivity index (χ1) is 10.1. The minimum atomic E-state index is 0. The molecule has 0 spiro atoms. The SMILES string of the molecule is CCNC(=NCC(C)C)NCCCCN1CCCC(C)C1.I. The molecule has 0 aromatic rings. The highest BCUT2D eigenvalue weighted by atomic mass is 127. The lowest BCUT2D eigenvalue weighted by Crippen LogP contribution is -2.38. The highest BCUT2D eigenvalue weighted by Gasteiger charge is 2.15. The number of rotatable bonds is 8. The van der Waals surface area contributed by atoms with Gasteiger partial charge in [0.1, 0.15) is 0 Å². The molecule has 22 heavy (non-hydrogen) atoms. The van der Waals surface area contributed by atoms with E-state index in [-0.39, 0.29) is 24.0 Å². The van der Waals surface area contributed by atoms with E-state index in [1.54, 1.807) is 0 Å². The van der Waals surface area contributed by atoms with Crippen LogP contribution in [-0.2, 0) is 0 Å². The number of nitrogens with one attached hydrogen (secondary N) is 2. The molecule has 5 heteroatoms. The molecule has 1 atom stereocenters. The first kappa shape index (κ1) is 22.0. The number of guanidine groups is 1. The maximum atomic E-state index is 4.59. The molecular formula is C17H37IN4. The highest BCUT2D eigenvalue weighted by Crippen LogP contribution is 2.15. The number of unbranched alkanes of at least 4 members (excludes halogenated alkanes) is 1. The van der Waals surface area contributed by atoms with Gasteiger partial charge in [0.2, 0.25) is 0 Å². The zero-order valence-electron chi connectivity index (χ0n) is 15.0. The second-order valence-electron chi connectivity index (χ2n) is 6.80. The Balaban J connectivity index is 0.00000441. The van der Waals surface area contributed by atoms with Crippen LogP contribution >= 0.6 is 24.0 Å². The van der Waals surface area contributed by atoms with Gasteiger partial charge in [-0.05, 0) is 57.5 Å². The van der Waals surface area contributed by atoms with Crippen molar-refractivity contribution < 1.29 is 0 Å². The molecule has 0 radical (unpaired) electrons. The average molecular weight is 424 g/mol. The highest BCUT2D eigenvalue weighted by molar-refractivity contribution is 14.0. The number of likely N-dealkylation sites (tertiary alicyclic amines) is 1. The van der Waals surface area contributed by atoms with E-state index in [1.807, 2.05) is 0 Å². The Morgan fingerprint density at radius 2 is 2.05 bits per heavy atom. The van der Waals surface area contributed by atoms with Gasteiger partial charge >= 0.3 is 0 Å². The van der Waals surface area contributed by atoms with Crippen LogP contribution < -0.4 is 10.6 Å². The summed E-state index contributed by atoms with van der Waals surface area (Å²) in [4.78, 5) is 7.23. The van der Waals surface area contributed by atoms with E-state index in [0.29, 0.717) is 5.92 Å². The van der Waals surface area contributed by atoms with E-state index >= 15 is 0 Å². The summed E-state index contributed by atoms with van der Waals surface area (Å²) in [5.74, 6) is 2.47. The van der Waals surface area contributed by atoms with Crippen molar-refractivity contribution in [2.75, 3.05) is 39.3 Å². The summed E-state index contributed by atoms with van der Waals surface area (Å²) in [6.07, 6.45) is 5.29. The monoisotopic (exact) mass is 424 g/mol. The molecule has 0 amide bonds. The Kier molecular flexibility index (Phi) is 13.4. The normalized spacial score (nSPS) is 19.9. The summed E-state index contributed by atoms with van der Waals surface area (Å²) < 4.78 is 0. The number of hydrogen-bond acceptors (Lipinski definition) is 2. The summed E-state index contributed by atoms with van der Waals surface area (Å²) in [5, 5.41) is 6.76. The fourth-order valence-electron chi connectivity index (χ4n) is 2.77. The zero-order chi connectivity index (χ0) is 15.5. The second-order valence-corrected chi connectivity index (χ2v) is 6.80. The Labute approximate surface area is 154 Å². The number of hydrogen-bond donors (Lipinski definition) is 2. The predicted octanol–water partition coefficient (Wildman–Crippen LogP) is 3.33. The first-order valence-electron chi connectivity index (χ1n) is 8.86. The van der Waals surface area contributed by atoms with Gasteiger partial charge in [0.25, 0.3) is 0 Å². The van der Waals surface area contributed by atoms with Crippen molar-refractivity contribution >= 4 is 29.9 Å². The van der Waals surface area contributed by atoms with Crippen LogP contribution in [0.5, 0.6) is 0 Å². The number of aliphatic imine (C=N–C) groups is 1. The summed E-state index contributed by atoms with van der Waals surface area (Å²) in [6.45, 7) is 15.6. The molecule has 1 unspecified atom stereocenters. The van der Waals surface area contributed by atoms with Crippen LogP contribution in [0.1, 0.15) is 53.4 Å². The van der Waals surface area contributed by atoms with Gasteiger partial charge in [0.05, 0.1) is 0 Å². The van der Waals surface area contributed by atoms with Gasteiger partial charge in [-0.3, -0.25) is 4.99 Å². The smallest absolute Gasteiger partial charge is 0.191 e. The standard InChI is InChI=1S/C17H36N4.HI/c1-5-18-17(20-13-15(2)3)19-10-6-7-11-21-12-8-9-16(4)14-21;/h15-16H,5-14H2,1-4H3,(H2,18,19,20);1H. The first-order valence-corrected chi connectivity index (χ1v) is 8.86. The minimum Gasteiger partial charge on any atom is -0.357 e. The maximum absolute atomic E-state index is 4.59. The van der Waals surface area contributed by atoms with E-state index in [1.165, 1.54) is 45.3 Å². The molecule has 0 saturated carbocycles. The van der Waals surface area contributed by atoms with Gasteiger partial charge in [-0.1, -0.05) is 20.8 Å². The molecule has 0 aliphatic carbocycles. The fourth-order valence-corrected chi connectivity index (χ4v) is 2.77. The van der Waals surface area contributed by atoms with Crippen LogP contribution in [0.4, 0.5) is 0 Å². The van der Waals surface area contributed by atoms with Crippen LogP contribution in [0.3, 0.4) is 0 Å². The van der Waals surface area contributed by atoms with Crippen LogP contribution in [-0.4, -0.2) is 50.1 Å². The Morgan fingerprint density at radius 3 is 2.68 bits per heavy atom. The van der Waals surface area contributed by atoms with Gasteiger partial charge in [-0.15, -0.1) is 24.0 Å². The van der Waals surface area contributed by atoms with Crippen molar-refractivity contribution in [3.8, 4) is 0 Å². The summed E-state index contributed by atoms with van der Waals surface area (Å²) in [6, 6.07) is 0. The molecule has 1 rings (SSSR count).